The average Bonchev–Trinajstić information content (AvgIpc) is 3.61. The highest BCUT2D eigenvalue weighted by Gasteiger charge is 2.63. The van der Waals surface area contributed by atoms with E-state index in [0.29, 0.717) is 28.5 Å². The van der Waals surface area contributed by atoms with Crippen molar-refractivity contribution >= 4 is 27.5 Å². The van der Waals surface area contributed by atoms with Gasteiger partial charge in [-0.15, -0.1) is 0 Å². The molecule has 236 valence electrons. The number of anilines is 1. The molecular formula is C32H33FN4O7S. The number of likely N-dealkylation sites (N-methyl/N-ethyl adjacent to an activating group) is 1. The third kappa shape index (κ3) is 4.94. The van der Waals surface area contributed by atoms with Gasteiger partial charge in [0.15, 0.2) is 5.54 Å². The van der Waals surface area contributed by atoms with Crippen molar-refractivity contribution in [2.24, 2.45) is 0 Å². The molecule has 0 N–H and O–H groups in total. The number of fused-ring (bicyclic) bond motifs is 1. The predicted octanol–water partition coefficient (Wildman–Crippen LogP) is 3.45. The van der Waals surface area contributed by atoms with Gasteiger partial charge in [0.2, 0.25) is 5.91 Å². The second-order valence-electron chi connectivity index (χ2n) is 10.9. The SMILES string of the molecule is COc1ccc(S(=O)(=O)N2C(=O)C(c3cc(CC#N)ccc3OC)(N3CCC[C@H]3C(=O)N(C)C)c3cc(F)ccc32)c(OC)c1. The molecule has 0 radical (unpaired) electrons. The number of sulfonamides is 1. The van der Waals surface area contributed by atoms with Crippen molar-refractivity contribution in [3.05, 3.63) is 77.1 Å². The number of carbonyl (C=O) groups is 2. The molecule has 3 aromatic rings. The van der Waals surface area contributed by atoms with E-state index in [0.717, 1.165) is 12.1 Å². The summed E-state index contributed by atoms with van der Waals surface area (Å²) in [6, 6.07) is 13.6. The zero-order chi connectivity index (χ0) is 32.7. The molecule has 0 aromatic heterocycles. The van der Waals surface area contributed by atoms with Gasteiger partial charge in [-0.25, -0.2) is 17.1 Å². The van der Waals surface area contributed by atoms with Gasteiger partial charge in [0, 0.05) is 37.8 Å². The van der Waals surface area contributed by atoms with Crippen LogP contribution in [0.15, 0.2) is 59.5 Å². The Morgan fingerprint density at radius 2 is 1.76 bits per heavy atom. The first-order valence-electron chi connectivity index (χ1n) is 14.1. The van der Waals surface area contributed by atoms with E-state index >= 15 is 9.18 Å². The Balaban J connectivity index is 1.88. The quantitative estimate of drug-likeness (QED) is 0.347. The van der Waals surface area contributed by atoms with Gasteiger partial charge in [0.25, 0.3) is 15.9 Å². The largest absolute Gasteiger partial charge is 0.497 e. The molecule has 1 fully saturated rings. The van der Waals surface area contributed by atoms with E-state index in [1.165, 1.54) is 50.5 Å². The molecule has 1 unspecified atom stereocenters. The lowest BCUT2D eigenvalue weighted by Crippen LogP contribution is -2.59. The second kappa shape index (κ2) is 12.0. The Hall–Kier alpha value is -4.67. The number of nitrogens with zero attached hydrogens (tertiary/aromatic N) is 4. The molecule has 2 aliphatic rings. The van der Waals surface area contributed by atoms with Gasteiger partial charge in [0.1, 0.15) is 28.0 Å². The fourth-order valence-electron chi connectivity index (χ4n) is 6.33. The highest BCUT2D eigenvalue weighted by Crippen LogP contribution is 2.55. The lowest BCUT2D eigenvalue weighted by molar-refractivity contribution is -0.138. The minimum atomic E-state index is -4.72. The van der Waals surface area contributed by atoms with Crippen molar-refractivity contribution < 1.29 is 36.6 Å². The van der Waals surface area contributed by atoms with Crippen LogP contribution < -0.4 is 18.5 Å². The highest BCUT2D eigenvalue weighted by atomic mass is 32.2. The number of hydrogen-bond acceptors (Lipinski definition) is 9. The van der Waals surface area contributed by atoms with E-state index in [4.69, 9.17) is 14.2 Å². The normalized spacial score (nSPS) is 19.6. The summed E-state index contributed by atoms with van der Waals surface area (Å²) in [6.07, 6.45) is 0.849. The Morgan fingerprint density at radius 3 is 2.40 bits per heavy atom. The van der Waals surface area contributed by atoms with Crippen LogP contribution in [-0.2, 0) is 31.6 Å². The number of carbonyl (C=O) groups excluding carboxylic acids is 2. The number of likely N-dealkylation sites (tertiary alicyclic amines) is 1. The first-order valence-corrected chi connectivity index (χ1v) is 15.5. The minimum Gasteiger partial charge on any atom is -0.497 e. The van der Waals surface area contributed by atoms with Crippen molar-refractivity contribution in [2.45, 2.75) is 35.7 Å². The fraction of sp³-hybridized carbons (Fsp3) is 0.344. The van der Waals surface area contributed by atoms with Gasteiger partial charge in [-0.3, -0.25) is 14.5 Å². The third-order valence-electron chi connectivity index (χ3n) is 8.30. The number of halogens is 1. The molecule has 13 heteroatoms. The Labute approximate surface area is 261 Å². The topological polar surface area (TPSA) is 129 Å². The van der Waals surface area contributed by atoms with E-state index in [-0.39, 0.29) is 52.1 Å². The van der Waals surface area contributed by atoms with Crippen LogP contribution in [0.5, 0.6) is 17.2 Å². The van der Waals surface area contributed by atoms with E-state index in [2.05, 4.69) is 6.07 Å². The maximum absolute atomic E-state index is 15.3. The fourth-order valence-corrected chi connectivity index (χ4v) is 7.93. The van der Waals surface area contributed by atoms with Gasteiger partial charge in [0.05, 0.1) is 45.5 Å². The van der Waals surface area contributed by atoms with Gasteiger partial charge in [-0.2, -0.15) is 5.26 Å². The van der Waals surface area contributed by atoms with Crippen LogP contribution in [0.4, 0.5) is 10.1 Å². The number of methoxy groups -OCH3 is 3. The summed E-state index contributed by atoms with van der Waals surface area (Å²) < 4.78 is 61.4. The van der Waals surface area contributed by atoms with E-state index < -0.39 is 33.3 Å². The monoisotopic (exact) mass is 636 g/mol. The average molecular weight is 637 g/mol. The van der Waals surface area contributed by atoms with Gasteiger partial charge < -0.3 is 19.1 Å². The molecule has 5 rings (SSSR count). The first kappa shape index (κ1) is 31.7. The van der Waals surface area contributed by atoms with Gasteiger partial charge in [-0.1, -0.05) is 6.07 Å². The summed E-state index contributed by atoms with van der Waals surface area (Å²) in [5.74, 6) is -1.51. The van der Waals surface area contributed by atoms with Crippen molar-refractivity contribution in [2.75, 3.05) is 46.3 Å². The van der Waals surface area contributed by atoms with Crippen LogP contribution in [-0.4, -0.2) is 78.0 Å². The summed E-state index contributed by atoms with van der Waals surface area (Å²) in [7, 11) is 2.57. The molecule has 0 spiro atoms. The number of ether oxygens (including phenoxy) is 3. The summed E-state index contributed by atoms with van der Waals surface area (Å²) in [5, 5.41) is 9.50. The van der Waals surface area contributed by atoms with Gasteiger partial charge >= 0.3 is 0 Å². The molecule has 2 amide bonds. The number of hydrogen-bond donors (Lipinski definition) is 0. The van der Waals surface area contributed by atoms with E-state index in [1.54, 1.807) is 37.2 Å². The summed E-state index contributed by atoms with van der Waals surface area (Å²) in [5.41, 5.74) is -1.39. The minimum absolute atomic E-state index is 0.0226. The predicted molar refractivity (Wildman–Crippen MR) is 162 cm³/mol. The smallest absolute Gasteiger partial charge is 0.274 e. The van der Waals surface area contributed by atoms with Crippen molar-refractivity contribution in [1.29, 1.82) is 5.26 Å². The summed E-state index contributed by atoms with van der Waals surface area (Å²) in [4.78, 5) is 31.6. The second-order valence-corrected chi connectivity index (χ2v) is 12.7. The summed E-state index contributed by atoms with van der Waals surface area (Å²) >= 11 is 0. The van der Waals surface area contributed by atoms with Gasteiger partial charge in [-0.05, 0) is 60.9 Å². The molecule has 2 atom stereocenters. The van der Waals surface area contributed by atoms with Crippen LogP contribution in [0.3, 0.4) is 0 Å². The lowest BCUT2D eigenvalue weighted by Gasteiger charge is -2.42. The molecule has 2 heterocycles. The standard InChI is InChI=1S/C32H33FN4O7S/c1-35(2)30(38)26-7-6-16-36(26)32(24-17-20(14-15-34)8-12-27(24)43-4)23-18-21(33)9-11-25(23)37(31(32)39)45(40,41)29-13-10-22(42-3)19-28(29)44-5/h8-13,17-19,26H,6-7,14,16H2,1-5H3/t26-,32?/m0/s1. The van der Waals surface area contributed by atoms with Crippen molar-refractivity contribution in [3.8, 4) is 23.3 Å². The third-order valence-corrected chi connectivity index (χ3v) is 10.0. The van der Waals surface area contributed by atoms with Crippen LogP contribution in [0.1, 0.15) is 29.5 Å². The number of rotatable bonds is 9. The first-order chi connectivity index (χ1) is 21.5. The Kier molecular flexibility index (Phi) is 8.48. The number of amides is 2. The van der Waals surface area contributed by atoms with Crippen LogP contribution >= 0.6 is 0 Å². The van der Waals surface area contributed by atoms with Crippen LogP contribution in [0.2, 0.25) is 0 Å². The molecule has 45 heavy (non-hydrogen) atoms. The molecular weight excluding hydrogens is 603 g/mol. The van der Waals surface area contributed by atoms with Crippen molar-refractivity contribution in [3.63, 3.8) is 0 Å². The molecule has 3 aromatic carbocycles. The maximum Gasteiger partial charge on any atom is 0.274 e. The molecule has 0 bridgehead atoms. The summed E-state index contributed by atoms with van der Waals surface area (Å²) in [6.45, 7) is 0.206. The zero-order valence-corrected chi connectivity index (χ0v) is 26.4. The molecule has 0 saturated carbocycles. The van der Waals surface area contributed by atoms with Crippen molar-refractivity contribution in [1.82, 2.24) is 9.80 Å². The number of nitriles is 1. The molecule has 2 aliphatic heterocycles. The number of benzene rings is 3. The van der Waals surface area contributed by atoms with E-state index in [1.807, 2.05) is 0 Å². The van der Waals surface area contributed by atoms with E-state index in [9.17, 15) is 18.5 Å². The lowest BCUT2D eigenvalue weighted by atomic mass is 9.80. The maximum atomic E-state index is 15.3. The molecule has 1 saturated heterocycles. The Bertz CT molecular complexity index is 1820. The Morgan fingerprint density at radius 1 is 1.02 bits per heavy atom. The highest BCUT2D eigenvalue weighted by molar-refractivity contribution is 7.93. The van der Waals surface area contributed by atoms with Crippen LogP contribution in [0, 0.1) is 17.1 Å². The molecule has 0 aliphatic carbocycles. The zero-order valence-electron chi connectivity index (χ0n) is 25.5. The van der Waals surface area contributed by atoms with Crippen LogP contribution in [0.25, 0.3) is 0 Å². The molecule has 11 nitrogen and oxygen atoms in total.